The number of sulfonamides is 1. The van der Waals surface area contributed by atoms with E-state index in [1.807, 2.05) is 0 Å². The first-order valence-corrected chi connectivity index (χ1v) is 5.25. The molecule has 0 saturated heterocycles. The molecule has 0 rings (SSSR count). The molecule has 0 spiro atoms. The summed E-state index contributed by atoms with van der Waals surface area (Å²) < 4.78 is 23.6. The Morgan fingerprint density at radius 3 is 1.75 bits per heavy atom. The number of hydrogen-bond donors (Lipinski definition) is 1. The van der Waals surface area contributed by atoms with Crippen LogP contribution >= 0.6 is 0 Å². The van der Waals surface area contributed by atoms with Crippen molar-refractivity contribution >= 4 is 10.0 Å². The van der Waals surface area contributed by atoms with Crippen LogP contribution in [0, 0.1) is 0 Å². The van der Waals surface area contributed by atoms with Crippen molar-refractivity contribution < 1.29 is 8.42 Å². The summed E-state index contributed by atoms with van der Waals surface area (Å²) in [5.41, 5.74) is 5.59. The summed E-state index contributed by atoms with van der Waals surface area (Å²) in [5.74, 6) is 0. The van der Waals surface area contributed by atoms with Gasteiger partial charge in [0.15, 0.2) is 0 Å². The van der Waals surface area contributed by atoms with Gasteiger partial charge in [-0.2, -0.15) is 0 Å². The molecule has 12 heavy (non-hydrogen) atoms. The molecule has 0 heterocycles. The molecule has 0 saturated carbocycles. The normalized spacial score (nSPS) is 16.6. The minimum absolute atomic E-state index is 0.384. The van der Waals surface area contributed by atoms with Crippen LogP contribution < -0.4 is 5.73 Å². The summed E-state index contributed by atoms with van der Waals surface area (Å²) in [4.78, 5) is 0. The Labute approximate surface area is 74.8 Å². The highest BCUT2D eigenvalue weighted by Crippen LogP contribution is 2.21. The smallest absolute Gasteiger partial charge is 0.220 e. The standard InChI is InChI=1S/C7H18N2O2S/c1-6(8)7(2,3)12(10,11)9(4)5/h6H,8H2,1-5H3. The van der Waals surface area contributed by atoms with E-state index in [0.29, 0.717) is 0 Å². The second kappa shape index (κ2) is 3.32. The van der Waals surface area contributed by atoms with E-state index in [-0.39, 0.29) is 6.04 Å². The van der Waals surface area contributed by atoms with Crippen molar-refractivity contribution in [3.8, 4) is 0 Å². The molecular formula is C7H18N2O2S. The zero-order chi connectivity index (χ0) is 10.2. The number of hydrogen-bond acceptors (Lipinski definition) is 3. The molecule has 0 aliphatic heterocycles. The first-order chi connectivity index (χ1) is 5.14. The minimum Gasteiger partial charge on any atom is -0.326 e. The lowest BCUT2D eigenvalue weighted by Gasteiger charge is -2.31. The molecule has 0 aliphatic rings. The fourth-order valence-corrected chi connectivity index (χ4v) is 2.12. The number of rotatable bonds is 3. The molecule has 2 N–H and O–H groups in total. The second-order valence-corrected chi connectivity index (χ2v) is 6.41. The van der Waals surface area contributed by atoms with Crippen LogP contribution in [-0.4, -0.2) is 37.6 Å². The van der Waals surface area contributed by atoms with Gasteiger partial charge in [0.25, 0.3) is 0 Å². The van der Waals surface area contributed by atoms with Gasteiger partial charge in [-0.15, -0.1) is 0 Å². The highest BCUT2D eigenvalue weighted by molar-refractivity contribution is 7.90. The Balaban J connectivity index is 5.04. The molecule has 4 nitrogen and oxygen atoms in total. The highest BCUT2D eigenvalue weighted by atomic mass is 32.2. The lowest BCUT2D eigenvalue weighted by molar-refractivity contribution is 0.449. The first kappa shape index (κ1) is 11.9. The molecule has 0 aromatic rings. The SMILES string of the molecule is CC(N)C(C)(C)S(=O)(=O)N(C)C. The molecule has 0 amide bonds. The van der Waals surface area contributed by atoms with Crippen molar-refractivity contribution in [1.29, 1.82) is 0 Å². The van der Waals surface area contributed by atoms with Crippen molar-refractivity contribution in [3.63, 3.8) is 0 Å². The zero-order valence-electron chi connectivity index (χ0n) is 8.33. The first-order valence-electron chi connectivity index (χ1n) is 3.81. The average Bonchev–Trinajstić information content (AvgIpc) is 1.86. The Kier molecular flexibility index (Phi) is 3.28. The quantitative estimate of drug-likeness (QED) is 0.688. The predicted molar refractivity (Wildman–Crippen MR) is 50.3 cm³/mol. The van der Waals surface area contributed by atoms with Crippen LogP contribution in [0.4, 0.5) is 0 Å². The van der Waals surface area contributed by atoms with Gasteiger partial charge in [-0.3, -0.25) is 0 Å². The average molecular weight is 194 g/mol. The van der Waals surface area contributed by atoms with Gasteiger partial charge >= 0.3 is 0 Å². The van der Waals surface area contributed by atoms with Crippen molar-refractivity contribution in [2.24, 2.45) is 5.73 Å². The van der Waals surface area contributed by atoms with Gasteiger partial charge in [0, 0.05) is 20.1 Å². The van der Waals surface area contributed by atoms with Crippen LogP contribution in [-0.2, 0) is 10.0 Å². The molecule has 0 bridgehead atoms. The Bertz CT molecular complexity index is 242. The van der Waals surface area contributed by atoms with Gasteiger partial charge in [-0.25, -0.2) is 12.7 Å². The molecule has 1 unspecified atom stereocenters. The Morgan fingerprint density at radius 1 is 1.33 bits per heavy atom. The van der Waals surface area contributed by atoms with Crippen molar-refractivity contribution in [2.45, 2.75) is 31.6 Å². The predicted octanol–water partition coefficient (Wildman–Crippen LogP) is 0.00360. The van der Waals surface area contributed by atoms with Gasteiger partial charge in [0.05, 0.1) is 4.75 Å². The second-order valence-electron chi connectivity index (χ2n) is 3.68. The molecular weight excluding hydrogens is 176 g/mol. The Morgan fingerprint density at radius 2 is 1.67 bits per heavy atom. The fraction of sp³-hybridized carbons (Fsp3) is 1.00. The van der Waals surface area contributed by atoms with Gasteiger partial charge in [0.2, 0.25) is 10.0 Å². The maximum Gasteiger partial charge on any atom is 0.220 e. The van der Waals surface area contributed by atoms with Crippen molar-refractivity contribution in [3.05, 3.63) is 0 Å². The van der Waals surface area contributed by atoms with Crippen molar-refractivity contribution in [1.82, 2.24) is 4.31 Å². The van der Waals surface area contributed by atoms with Gasteiger partial charge in [0.1, 0.15) is 0 Å². The minimum atomic E-state index is -3.27. The topological polar surface area (TPSA) is 63.4 Å². The third kappa shape index (κ3) is 1.78. The monoisotopic (exact) mass is 194 g/mol. The van der Waals surface area contributed by atoms with E-state index in [0.717, 1.165) is 0 Å². The largest absolute Gasteiger partial charge is 0.326 e. The summed E-state index contributed by atoms with van der Waals surface area (Å²) in [6.45, 7) is 4.96. The third-order valence-electron chi connectivity index (χ3n) is 2.24. The summed E-state index contributed by atoms with van der Waals surface area (Å²) in [7, 11) is -0.241. The summed E-state index contributed by atoms with van der Waals surface area (Å²) in [6, 6.07) is -0.384. The molecule has 1 atom stereocenters. The molecule has 0 radical (unpaired) electrons. The van der Waals surface area contributed by atoms with Gasteiger partial charge < -0.3 is 5.73 Å². The lowest BCUT2D eigenvalue weighted by atomic mass is 10.1. The zero-order valence-corrected chi connectivity index (χ0v) is 9.14. The highest BCUT2D eigenvalue weighted by Gasteiger charge is 2.39. The molecule has 5 heteroatoms. The number of nitrogens with two attached hydrogens (primary N) is 1. The fourth-order valence-electron chi connectivity index (χ4n) is 0.705. The van der Waals surface area contributed by atoms with E-state index in [4.69, 9.17) is 5.73 Å². The van der Waals surface area contributed by atoms with E-state index in [1.54, 1.807) is 20.8 Å². The third-order valence-corrected chi connectivity index (χ3v) is 4.91. The van der Waals surface area contributed by atoms with Crippen LogP contribution in [0.5, 0.6) is 0 Å². The number of nitrogens with zero attached hydrogens (tertiary/aromatic N) is 1. The maximum atomic E-state index is 11.6. The van der Waals surface area contributed by atoms with E-state index in [2.05, 4.69) is 0 Å². The van der Waals surface area contributed by atoms with Crippen LogP contribution in [0.15, 0.2) is 0 Å². The molecule has 0 fully saturated rings. The summed E-state index contributed by atoms with van der Waals surface area (Å²) in [5, 5.41) is 0. The molecule has 0 aromatic carbocycles. The Hall–Kier alpha value is -0.130. The lowest BCUT2D eigenvalue weighted by Crippen LogP contribution is -2.51. The maximum absolute atomic E-state index is 11.6. The van der Waals surface area contributed by atoms with Crippen LogP contribution in [0.1, 0.15) is 20.8 Å². The van der Waals surface area contributed by atoms with E-state index >= 15 is 0 Å². The molecule has 0 aromatic heterocycles. The van der Waals surface area contributed by atoms with Crippen LogP contribution in [0.25, 0.3) is 0 Å². The van der Waals surface area contributed by atoms with Crippen LogP contribution in [0.3, 0.4) is 0 Å². The summed E-state index contributed by atoms with van der Waals surface area (Å²) >= 11 is 0. The van der Waals surface area contributed by atoms with Crippen LogP contribution in [0.2, 0.25) is 0 Å². The van der Waals surface area contributed by atoms with E-state index < -0.39 is 14.8 Å². The van der Waals surface area contributed by atoms with Gasteiger partial charge in [-0.1, -0.05) is 0 Å². The molecule has 0 aliphatic carbocycles. The van der Waals surface area contributed by atoms with Crippen molar-refractivity contribution in [2.75, 3.05) is 14.1 Å². The summed E-state index contributed by atoms with van der Waals surface area (Å²) in [6.07, 6.45) is 0. The van der Waals surface area contributed by atoms with E-state index in [1.165, 1.54) is 18.4 Å². The molecule has 74 valence electrons. The van der Waals surface area contributed by atoms with E-state index in [9.17, 15) is 8.42 Å². The van der Waals surface area contributed by atoms with Gasteiger partial charge in [-0.05, 0) is 20.8 Å².